The van der Waals surface area contributed by atoms with Gasteiger partial charge in [-0.2, -0.15) is 0 Å². The van der Waals surface area contributed by atoms with Crippen molar-refractivity contribution >= 4 is 11.8 Å². The molecule has 0 saturated heterocycles. The zero-order valence-electron chi connectivity index (χ0n) is 17.3. The maximum atomic E-state index is 12.4. The van der Waals surface area contributed by atoms with Crippen molar-refractivity contribution in [2.75, 3.05) is 19.7 Å². The van der Waals surface area contributed by atoms with Gasteiger partial charge in [0, 0.05) is 37.9 Å². The number of hydrogen-bond donors (Lipinski definition) is 1. The highest BCUT2D eigenvalue weighted by Gasteiger charge is 2.24. The highest BCUT2D eigenvalue weighted by molar-refractivity contribution is 5.79. The third-order valence-electron chi connectivity index (χ3n) is 4.95. The lowest BCUT2D eigenvalue weighted by atomic mass is 9.95. The Morgan fingerprint density at radius 3 is 2.52 bits per heavy atom. The van der Waals surface area contributed by atoms with E-state index in [4.69, 9.17) is 4.74 Å². The maximum absolute atomic E-state index is 12.4. The van der Waals surface area contributed by atoms with Crippen LogP contribution in [0.1, 0.15) is 75.1 Å². The monoisotopic (exact) mass is 374 g/mol. The second-order valence-electron chi connectivity index (χ2n) is 7.49. The molecular formula is C22H34N2O3. The summed E-state index contributed by atoms with van der Waals surface area (Å²) in [5.74, 6) is 1.08. The minimum atomic E-state index is -0.00719. The number of nitrogens with one attached hydrogen (secondary N) is 1. The molecule has 1 atom stereocenters. The first-order chi connectivity index (χ1) is 13.0. The smallest absolute Gasteiger partial charge is 0.222 e. The van der Waals surface area contributed by atoms with Crippen LogP contribution in [0.4, 0.5) is 0 Å². The van der Waals surface area contributed by atoms with Gasteiger partial charge in [0.1, 0.15) is 5.75 Å². The average molecular weight is 375 g/mol. The van der Waals surface area contributed by atoms with Gasteiger partial charge in [-0.05, 0) is 38.7 Å². The summed E-state index contributed by atoms with van der Waals surface area (Å²) in [5.41, 5.74) is 3.36. The molecule has 1 aromatic rings. The number of rotatable bonds is 9. The fourth-order valence-corrected chi connectivity index (χ4v) is 3.75. The summed E-state index contributed by atoms with van der Waals surface area (Å²) in [5, 5.41) is 3.14. The molecule has 0 radical (unpaired) electrons. The van der Waals surface area contributed by atoms with Crippen molar-refractivity contribution in [1.29, 1.82) is 0 Å². The summed E-state index contributed by atoms with van der Waals surface area (Å²) in [6, 6.07) is 4.20. The summed E-state index contributed by atoms with van der Waals surface area (Å²) >= 11 is 0. The van der Waals surface area contributed by atoms with Crippen molar-refractivity contribution in [1.82, 2.24) is 10.2 Å². The molecule has 5 heteroatoms. The second kappa shape index (κ2) is 10.3. The summed E-state index contributed by atoms with van der Waals surface area (Å²) in [6.07, 6.45) is 4.13. The Balaban J connectivity index is 1.86. The molecule has 2 rings (SSSR count). The van der Waals surface area contributed by atoms with E-state index in [0.717, 1.165) is 49.2 Å². The molecule has 0 aliphatic carbocycles. The molecule has 0 bridgehead atoms. The topological polar surface area (TPSA) is 58.6 Å². The van der Waals surface area contributed by atoms with Crippen LogP contribution in [0.15, 0.2) is 12.1 Å². The number of aryl methyl sites for hydroxylation is 2. The van der Waals surface area contributed by atoms with E-state index < -0.39 is 0 Å². The number of carbonyl (C=O) groups is 2. The van der Waals surface area contributed by atoms with E-state index in [9.17, 15) is 9.59 Å². The molecule has 1 N–H and O–H groups in total. The lowest BCUT2D eigenvalue weighted by Gasteiger charge is -2.28. The molecular weight excluding hydrogens is 340 g/mol. The van der Waals surface area contributed by atoms with Crippen LogP contribution in [0.2, 0.25) is 0 Å². The third-order valence-corrected chi connectivity index (χ3v) is 4.95. The lowest BCUT2D eigenvalue weighted by Crippen LogP contribution is -2.34. The van der Waals surface area contributed by atoms with E-state index in [1.54, 1.807) is 0 Å². The molecule has 5 nitrogen and oxygen atoms in total. The molecule has 27 heavy (non-hydrogen) atoms. The Morgan fingerprint density at radius 1 is 1.15 bits per heavy atom. The van der Waals surface area contributed by atoms with E-state index in [2.05, 4.69) is 38.2 Å². The minimum absolute atomic E-state index is 0.00719. The third kappa shape index (κ3) is 5.98. The fourth-order valence-electron chi connectivity index (χ4n) is 3.75. The molecule has 0 fully saturated rings. The number of amides is 2. The maximum Gasteiger partial charge on any atom is 0.222 e. The van der Waals surface area contributed by atoms with Crippen LogP contribution in [0, 0.1) is 13.8 Å². The molecule has 1 aliphatic heterocycles. The largest absolute Gasteiger partial charge is 0.493 e. The van der Waals surface area contributed by atoms with Crippen molar-refractivity contribution in [2.45, 2.75) is 72.3 Å². The number of hydrogen-bond acceptors (Lipinski definition) is 3. The number of nitrogens with zero attached hydrogens (tertiary/aromatic N) is 1. The van der Waals surface area contributed by atoms with E-state index >= 15 is 0 Å². The summed E-state index contributed by atoms with van der Waals surface area (Å²) < 4.78 is 5.80. The van der Waals surface area contributed by atoms with Gasteiger partial charge in [-0.3, -0.25) is 9.59 Å². The first-order valence-corrected chi connectivity index (χ1v) is 10.3. The van der Waals surface area contributed by atoms with Crippen LogP contribution in [0.25, 0.3) is 0 Å². The van der Waals surface area contributed by atoms with Gasteiger partial charge in [-0.25, -0.2) is 0 Å². The van der Waals surface area contributed by atoms with E-state index in [-0.39, 0.29) is 17.9 Å². The van der Waals surface area contributed by atoms with E-state index in [1.807, 2.05) is 11.8 Å². The van der Waals surface area contributed by atoms with Crippen LogP contribution < -0.4 is 10.1 Å². The quantitative estimate of drug-likeness (QED) is 0.709. The zero-order valence-corrected chi connectivity index (χ0v) is 17.3. The number of ether oxygens (including phenoxy) is 1. The Morgan fingerprint density at radius 2 is 1.85 bits per heavy atom. The van der Waals surface area contributed by atoms with Gasteiger partial charge in [0.25, 0.3) is 0 Å². The van der Waals surface area contributed by atoms with Crippen molar-refractivity contribution in [3.8, 4) is 5.75 Å². The Hall–Kier alpha value is -2.04. The lowest BCUT2D eigenvalue weighted by molar-refractivity contribution is -0.131. The molecule has 1 aromatic carbocycles. The summed E-state index contributed by atoms with van der Waals surface area (Å²) in [6.45, 7) is 10.5. The van der Waals surface area contributed by atoms with Gasteiger partial charge in [-0.15, -0.1) is 0 Å². The average Bonchev–Trinajstić information content (AvgIpc) is 2.62. The van der Waals surface area contributed by atoms with Crippen LogP contribution in [-0.4, -0.2) is 36.4 Å². The second-order valence-corrected chi connectivity index (χ2v) is 7.49. The number of carbonyl (C=O) groups excluding carboxylic acids is 2. The molecule has 0 saturated carbocycles. The summed E-state index contributed by atoms with van der Waals surface area (Å²) in [7, 11) is 0. The Labute approximate surface area is 163 Å². The highest BCUT2D eigenvalue weighted by atomic mass is 16.5. The normalized spacial score (nSPS) is 15.6. The van der Waals surface area contributed by atoms with Gasteiger partial charge in [0.2, 0.25) is 11.8 Å². The Kier molecular flexibility index (Phi) is 8.14. The zero-order chi connectivity index (χ0) is 19.8. The predicted molar refractivity (Wildman–Crippen MR) is 108 cm³/mol. The first-order valence-electron chi connectivity index (χ1n) is 10.3. The van der Waals surface area contributed by atoms with Crippen LogP contribution in [-0.2, 0) is 9.59 Å². The molecule has 0 aromatic heterocycles. The number of fused-ring (bicyclic) bond motifs is 1. The van der Waals surface area contributed by atoms with Crippen molar-refractivity contribution < 1.29 is 14.3 Å². The van der Waals surface area contributed by atoms with Crippen LogP contribution in [0.5, 0.6) is 5.75 Å². The molecule has 1 aliphatic rings. The minimum Gasteiger partial charge on any atom is -0.493 e. The number of benzene rings is 1. The summed E-state index contributed by atoms with van der Waals surface area (Å²) in [4.78, 5) is 26.6. The standard InChI is InChI=1S/C22H34N2O3/c1-5-11-24(12-6-2)21(26)9-7-8-20(25)23-19-10-13-27-22-17(4)14-16(3)15-18(19)22/h14-15,19H,5-13H2,1-4H3,(H,23,25). The van der Waals surface area contributed by atoms with Gasteiger partial charge in [-0.1, -0.05) is 31.5 Å². The van der Waals surface area contributed by atoms with Gasteiger partial charge in [0.05, 0.1) is 12.6 Å². The van der Waals surface area contributed by atoms with Gasteiger partial charge >= 0.3 is 0 Å². The van der Waals surface area contributed by atoms with Crippen molar-refractivity contribution in [2.24, 2.45) is 0 Å². The highest BCUT2D eigenvalue weighted by Crippen LogP contribution is 2.35. The van der Waals surface area contributed by atoms with Crippen LogP contribution >= 0.6 is 0 Å². The molecule has 0 spiro atoms. The van der Waals surface area contributed by atoms with Crippen molar-refractivity contribution in [3.63, 3.8) is 0 Å². The first kappa shape index (κ1) is 21.3. The molecule has 150 valence electrons. The van der Waals surface area contributed by atoms with Crippen LogP contribution in [0.3, 0.4) is 0 Å². The van der Waals surface area contributed by atoms with E-state index in [1.165, 1.54) is 5.56 Å². The molecule has 1 heterocycles. The van der Waals surface area contributed by atoms with Crippen molar-refractivity contribution in [3.05, 3.63) is 28.8 Å². The van der Waals surface area contributed by atoms with Gasteiger partial charge < -0.3 is 15.0 Å². The molecule has 2 amide bonds. The van der Waals surface area contributed by atoms with Gasteiger partial charge in [0.15, 0.2) is 0 Å². The van der Waals surface area contributed by atoms with E-state index in [0.29, 0.717) is 25.9 Å². The Bertz CT molecular complexity index is 651. The molecule has 1 unspecified atom stereocenters. The SMILES string of the molecule is CCCN(CCC)C(=O)CCCC(=O)NC1CCOc2c(C)cc(C)cc21. The fraction of sp³-hybridized carbons (Fsp3) is 0.636. The predicted octanol–water partition coefficient (Wildman–Crippen LogP) is 4.06.